The van der Waals surface area contributed by atoms with Crippen LogP contribution in [0.25, 0.3) is 0 Å². The van der Waals surface area contributed by atoms with Gasteiger partial charge in [0.25, 0.3) is 10.1 Å². The van der Waals surface area contributed by atoms with Gasteiger partial charge in [-0.2, -0.15) is 8.42 Å². The molecule has 0 saturated heterocycles. The third-order valence-corrected chi connectivity index (χ3v) is 4.80. The summed E-state index contributed by atoms with van der Waals surface area (Å²) in [4.78, 5) is 12.0. The Labute approximate surface area is 195 Å². The zero-order chi connectivity index (χ0) is 24.5. The Morgan fingerprint density at radius 3 is 1.94 bits per heavy atom. The van der Waals surface area contributed by atoms with Crippen molar-refractivity contribution in [1.82, 2.24) is 0 Å². The number of hydrogen-bond acceptors (Lipinski definition) is 8. The van der Waals surface area contributed by atoms with Gasteiger partial charge >= 0.3 is 5.97 Å². The standard InChI is InChI=1S/C24H32O8S/c1-24(2,3)32-23(26)19-9-13-22(14-10-19)30-17-20(25)16-29-21-11-7-18(8-12-21)6-5-15-31-33(4,27)28/h7-14,20,25H,5-6,15-17H2,1-4H3. The molecular formula is C24H32O8S. The van der Waals surface area contributed by atoms with E-state index in [9.17, 15) is 18.3 Å². The molecule has 0 amide bonds. The molecule has 2 aromatic rings. The van der Waals surface area contributed by atoms with Gasteiger partial charge in [0.15, 0.2) is 0 Å². The van der Waals surface area contributed by atoms with Crippen LogP contribution in [-0.2, 0) is 25.5 Å². The second-order valence-electron chi connectivity index (χ2n) is 8.58. The molecule has 2 aromatic carbocycles. The van der Waals surface area contributed by atoms with Crippen LogP contribution < -0.4 is 9.47 Å². The molecule has 9 heteroatoms. The summed E-state index contributed by atoms with van der Waals surface area (Å²) in [6.45, 7) is 5.65. The van der Waals surface area contributed by atoms with Gasteiger partial charge in [-0.15, -0.1) is 0 Å². The summed E-state index contributed by atoms with van der Waals surface area (Å²) in [5, 5.41) is 10.1. The van der Waals surface area contributed by atoms with Gasteiger partial charge < -0.3 is 19.3 Å². The van der Waals surface area contributed by atoms with E-state index in [0.29, 0.717) is 29.9 Å². The highest BCUT2D eigenvalue weighted by Crippen LogP contribution is 2.17. The molecule has 0 aliphatic heterocycles. The second-order valence-corrected chi connectivity index (χ2v) is 10.2. The average molecular weight is 481 g/mol. The Balaban J connectivity index is 1.70. The highest BCUT2D eigenvalue weighted by Gasteiger charge is 2.17. The lowest BCUT2D eigenvalue weighted by Crippen LogP contribution is -2.25. The zero-order valence-electron chi connectivity index (χ0n) is 19.4. The molecule has 0 bridgehead atoms. The molecule has 8 nitrogen and oxygen atoms in total. The number of aryl methyl sites for hydroxylation is 1. The topological polar surface area (TPSA) is 108 Å². The molecule has 182 valence electrons. The molecule has 33 heavy (non-hydrogen) atoms. The van der Waals surface area contributed by atoms with Gasteiger partial charge in [-0.1, -0.05) is 12.1 Å². The van der Waals surface area contributed by atoms with Crippen molar-refractivity contribution in [3.05, 3.63) is 59.7 Å². The quantitative estimate of drug-likeness (QED) is 0.280. The average Bonchev–Trinajstić information content (AvgIpc) is 2.73. The molecule has 2 rings (SSSR count). The Morgan fingerprint density at radius 2 is 1.45 bits per heavy atom. The minimum atomic E-state index is -3.41. The molecule has 0 saturated carbocycles. The van der Waals surface area contributed by atoms with Crippen molar-refractivity contribution in [3.63, 3.8) is 0 Å². The van der Waals surface area contributed by atoms with Crippen molar-refractivity contribution in [2.24, 2.45) is 0 Å². The molecule has 0 spiro atoms. The van der Waals surface area contributed by atoms with Crippen LogP contribution in [-0.4, -0.2) is 57.3 Å². The van der Waals surface area contributed by atoms with Crippen LogP contribution >= 0.6 is 0 Å². The van der Waals surface area contributed by atoms with Gasteiger partial charge in [0.05, 0.1) is 18.4 Å². The van der Waals surface area contributed by atoms with Crippen molar-refractivity contribution in [3.8, 4) is 11.5 Å². The molecule has 0 aromatic heterocycles. The Hall–Kier alpha value is -2.62. The van der Waals surface area contributed by atoms with Crippen molar-refractivity contribution in [2.45, 2.75) is 45.3 Å². The Kier molecular flexibility index (Phi) is 9.70. The highest BCUT2D eigenvalue weighted by molar-refractivity contribution is 7.85. The SMILES string of the molecule is CC(C)(C)OC(=O)c1ccc(OCC(O)COc2ccc(CCCOS(C)(=O)=O)cc2)cc1. The fourth-order valence-electron chi connectivity index (χ4n) is 2.70. The van der Waals surface area contributed by atoms with E-state index >= 15 is 0 Å². The van der Waals surface area contributed by atoms with Crippen molar-refractivity contribution < 1.29 is 36.7 Å². The first-order valence-corrected chi connectivity index (χ1v) is 12.4. The first kappa shape index (κ1) is 26.6. The van der Waals surface area contributed by atoms with Gasteiger partial charge in [0.2, 0.25) is 0 Å². The number of carbonyl (C=O) groups is 1. The maximum atomic E-state index is 12.0. The van der Waals surface area contributed by atoms with E-state index in [0.717, 1.165) is 11.8 Å². The van der Waals surface area contributed by atoms with E-state index in [1.165, 1.54) is 0 Å². The van der Waals surface area contributed by atoms with Gasteiger partial charge in [0.1, 0.15) is 36.4 Å². The first-order chi connectivity index (χ1) is 15.4. The number of aliphatic hydroxyl groups is 1. The van der Waals surface area contributed by atoms with Crippen LogP contribution in [0.2, 0.25) is 0 Å². The lowest BCUT2D eigenvalue weighted by atomic mass is 10.1. The van der Waals surface area contributed by atoms with Gasteiger partial charge in [-0.3, -0.25) is 4.18 Å². The number of carbonyl (C=O) groups excluding carboxylic acids is 1. The molecule has 1 unspecified atom stereocenters. The third kappa shape index (κ3) is 11.2. The predicted molar refractivity (Wildman–Crippen MR) is 124 cm³/mol. The summed E-state index contributed by atoms with van der Waals surface area (Å²) >= 11 is 0. The van der Waals surface area contributed by atoms with E-state index in [1.54, 1.807) is 57.2 Å². The summed E-state index contributed by atoms with van der Waals surface area (Å²) in [6.07, 6.45) is 1.45. The number of aliphatic hydroxyl groups excluding tert-OH is 1. The minimum Gasteiger partial charge on any atom is -0.491 e. The zero-order valence-corrected chi connectivity index (χ0v) is 20.3. The lowest BCUT2D eigenvalue weighted by molar-refractivity contribution is 0.00693. The number of ether oxygens (including phenoxy) is 3. The van der Waals surface area contributed by atoms with E-state index in [2.05, 4.69) is 0 Å². The van der Waals surface area contributed by atoms with Gasteiger partial charge in [-0.25, -0.2) is 4.79 Å². The van der Waals surface area contributed by atoms with Crippen LogP contribution in [0.3, 0.4) is 0 Å². The summed E-state index contributed by atoms with van der Waals surface area (Å²) in [6, 6.07) is 13.8. The lowest BCUT2D eigenvalue weighted by Gasteiger charge is -2.19. The largest absolute Gasteiger partial charge is 0.491 e. The van der Waals surface area contributed by atoms with Crippen LogP contribution in [0.4, 0.5) is 0 Å². The third-order valence-electron chi connectivity index (χ3n) is 4.20. The molecular weight excluding hydrogens is 448 g/mol. The summed E-state index contributed by atoms with van der Waals surface area (Å²) in [5.41, 5.74) is 0.886. The fraction of sp³-hybridized carbons (Fsp3) is 0.458. The van der Waals surface area contributed by atoms with Crippen LogP contribution in [0.5, 0.6) is 11.5 Å². The molecule has 0 radical (unpaired) electrons. The van der Waals surface area contributed by atoms with Gasteiger partial charge in [-0.05, 0) is 75.6 Å². The first-order valence-electron chi connectivity index (χ1n) is 10.6. The summed E-state index contributed by atoms with van der Waals surface area (Å²) in [7, 11) is -3.41. The van der Waals surface area contributed by atoms with Crippen LogP contribution in [0.15, 0.2) is 48.5 Å². The van der Waals surface area contributed by atoms with Crippen LogP contribution in [0, 0.1) is 0 Å². The molecule has 0 aliphatic rings. The number of esters is 1. The fourth-order valence-corrected chi connectivity index (χ4v) is 3.12. The summed E-state index contributed by atoms with van der Waals surface area (Å²) < 4.78 is 43.0. The van der Waals surface area contributed by atoms with E-state index in [1.807, 2.05) is 12.1 Å². The van der Waals surface area contributed by atoms with Gasteiger partial charge in [0, 0.05) is 0 Å². The predicted octanol–water partition coefficient (Wildman–Crippen LogP) is 3.37. The normalized spacial score (nSPS) is 12.8. The second kappa shape index (κ2) is 12.0. The Morgan fingerprint density at radius 1 is 0.939 bits per heavy atom. The number of hydrogen-bond donors (Lipinski definition) is 1. The maximum absolute atomic E-state index is 12.0. The van der Waals surface area contributed by atoms with Crippen molar-refractivity contribution in [2.75, 3.05) is 26.1 Å². The van der Waals surface area contributed by atoms with E-state index in [-0.39, 0.29) is 19.8 Å². The van der Waals surface area contributed by atoms with Crippen LogP contribution in [0.1, 0.15) is 43.1 Å². The van der Waals surface area contributed by atoms with Crippen molar-refractivity contribution >= 4 is 16.1 Å². The molecule has 1 atom stereocenters. The highest BCUT2D eigenvalue weighted by atomic mass is 32.2. The smallest absolute Gasteiger partial charge is 0.338 e. The molecule has 0 fully saturated rings. The monoisotopic (exact) mass is 480 g/mol. The molecule has 0 heterocycles. The van der Waals surface area contributed by atoms with E-state index in [4.69, 9.17) is 18.4 Å². The van der Waals surface area contributed by atoms with Crippen molar-refractivity contribution in [1.29, 1.82) is 0 Å². The minimum absolute atomic E-state index is 0.0319. The maximum Gasteiger partial charge on any atom is 0.338 e. The number of benzene rings is 2. The number of rotatable bonds is 12. The summed E-state index contributed by atoms with van der Waals surface area (Å²) in [5.74, 6) is 0.716. The molecule has 0 aliphatic carbocycles. The Bertz CT molecular complexity index is 977. The molecule has 1 N–H and O–H groups in total. The van der Waals surface area contributed by atoms with E-state index < -0.39 is 27.8 Å².